The van der Waals surface area contributed by atoms with Crippen LogP contribution < -0.4 is 5.48 Å². The van der Waals surface area contributed by atoms with Crippen LogP contribution in [0, 0.1) is 0 Å². The first-order chi connectivity index (χ1) is 14.2. The third-order valence-electron chi connectivity index (χ3n) is 3.82. The number of carbonyl (C=O) groups excluding carboxylic acids is 2. The lowest BCUT2D eigenvalue weighted by Gasteiger charge is -2.04. The Kier molecular flexibility index (Phi) is 7.01. The lowest BCUT2D eigenvalue weighted by Crippen LogP contribution is -2.07. The molecule has 0 unspecified atom stereocenters. The molecule has 0 heterocycles. The highest BCUT2D eigenvalue weighted by Gasteiger charge is 2.02. The molecule has 0 spiro atoms. The minimum Gasteiger partial charge on any atom is -0.339 e. The summed E-state index contributed by atoms with van der Waals surface area (Å²) in [6.45, 7) is 0. The van der Waals surface area contributed by atoms with Crippen LogP contribution in [0.1, 0.15) is 11.1 Å². The topological polar surface area (TPSA) is 80.1 Å². The van der Waals surface area contributed by atoms with Crippen molar-refractivity contribution in [3.05, 3.63) is 102 Å². The molecule has 0 aliphatic rings. The molecule has 144 valence electrons. The minimum atomic E-state index is -0.524. The third-order valence-corrected chi connectivity index (χ3v) is 3.82. The Morgan fingerprint density at radius 2 is 1.52 bits per heavy atom. The highest BCUT2D eigenvalue weighted by molar-refractivity contribution is 5.87. The molecule has 0 saturated carbocycles. The van der Waals surface area contributed by atoms with E-state index in [2.05, 4.69) is 15.7 Å². The van der Waals surface area contributed by atoms with Gasteiger partial charge in [-0.2, -0.15) is 0 Å². The Labute approximate surface area is 168 Å². The number of azo groups is 1. The maximum atomic E-state index is 11.9. The standard InChI is InChI=1S/C23H19N3O3/c27-22(17-19-9-5-2-6-10-19)25-24-20-12-14-21(15-13-20)26-29-23(28)16-11-18-7-3-1-4-8-18/h1-16,26H,17H2. The van der Waals surface area contributed by atoms with Crippen LogP contribution in [0.25, 0.3) is 6.08 Å². The fourth-order valence-corrected chi connectivity index (χ4v) is 2.39. The monoisotopic (exact) mass is 385 g/mol. The molecule has 0 aliphatic carbocycles. The van der Waals surface area contributed by atoms with Crippen LogP contribution >= 0.6 is 0 Å². The van der Waals surface area contributed by atoms with Gasteiger partial charge in [-0.15, -0.1) is 10.2 Å². The minimum absolute atomic E-state index is 0.205. The highest BCUT2D eigenvalue weighted by atomic mass is 16.7. The summed E-state index contributed by atoms with van der Waals surface area (Å²) in [6.07, 6.45) is 3.21. The second-order valence-electron chi connectivity index (χ2n) is 6.07. The van der Waals surface area contributed by atoms with Gasteiger partial charge in [0.15, 0.2) is 0 Å². The molecule has 1 N–H and O–H groups in total. The lowest BCUT2D eigenvalue weighted by atomic mass is 10.1. The highest BCUT2D eigenvalue weighted by Crippen LogP contribution is 2.17. The summed E-state index contributed by atoms with van der Waals surface area (Å²) in [6, 6.07) is 25.5. The molecule has 0 radical (unpaired) electrons. The third kappa shape index (κ3) is 6.88. The molecule has 6 heteroatoms. The van der Waals surface area contributed by atoms with Gasteiger partial charge in [0.05, 0.1) is 17.8 Å². The van der Waals surface area contributed by atoms with Crippen LogP contribution in [-0.4, -0.2) is 11.9 Å². The fraction of sp³-hybridized carbons (Fsp3) is 0.0435. The summed E-state index contributed by atoms with van der Waals surface area (Å²) in [5.41, 5.74) is 5.45. The van der Waals surface area contributed by atoms with Gasteiger partial charge < -0.3 is 4.84 Å². The molecule has 6 nitrogen and oxygen atoms in total. The van der Waals surface area contributed by atoms with E-state index in [1.807, 2.05) is 60.7 Å². The Balaban J connectivity index is 1.46. The van der Waals surface area contributed by atoms with E-state index in [0.717, 1.165) is 11.1 Å². The smallest absolute Gasteiger partial charge is 0.339 e. The van der Waals surface area contributed by atoms with Gasteiger partial charge in [0.1, 0.15) is 0 Å². The Bertz CT molecular complexity index is 999. The van der Waals surface area contributed by atoms with Crippen LogP contribution in [0.4, 0.5) is 11.4 Å². The predicted octanol–water partition coefficient (Wildman–Crippen LogP) is 5.12. The molecular formula is C23H19N3O3. The molecule has 3 rings (SSSR count). The van der Waals surface area contributed by atoms with Crippen molar-refractivity contribution in [3.8, 4) is 0 Å². The first kappa shape index (κ1) is 19.7. The fourth-order valence-electron chi connectivity index (χ4n) is 2.39. The van der Waals surface area contributed by atoms with Crippen molar-refractivity contribution in [1.29, 1.82) is 0 Å². The molecule has 0 atom stereocenters. The zero-order valence-electron chi connectivity index (χ0n) is 15.6. The van der Waals surface area contributed by atoms with E-state index in [1.165, 1.54) is 6.08 Å². The average molecular weight is 385 g/mol. The first-order valence-corrected chi connectivity index (χ1v) is 8.97. The van der Waals surface area contributed by atoms with Crippen LogP contribution in [-0.2, 0) is 20.8 Å². The predicted molar refractivity (Wildman–Crippen MR) is 111 cm³/mol. The first-order valence-electron chi connectivity index (χ1n) is 8.97. The van der Waals surface area contributed by atoms with E-state index in [0.29, 0.717) is 11.4 Å². The second-order valence-corrected chi connectivity index (χ2v) is 6.07. The van der Waals surface area contributed by atoms with E-state index >= 15 is 0 Å². The van der Waals surface area contributed by atoms with Crippen LogP contribution in [0.3, 0.4) is 0 Å². The summed E-state index contributed by atoms with van der Waals surface area (Å²) in [5, 5.41) is 7.65. The van der Waals surface area contributed by atoms with Crippen molar-refractivity contribution in [2.45, 2.75) is 6.42 Å². The number of hydrogen-bond acceptors (Lipinski definition) is 5. The number of benzene rings is 3. The largest absolute Gasteiger partial charge is 0.355 e. The summed E-state index contributed by atoms with van der Waals surface area (Å²) in [4.78, 5) is 28.6. The van der Waals surface area contributed by atoms with E-state index < -0.39 is 5.97 Å². The number of hydrogen-bond donors (Lipinski definition) is 1. The van der Waals surface area contributed by atoms with Crippen molar-refractivity contribution in [2.24, 2.45) is 10.2 Å². The van der Waals surface area contributed by atoms with E-state index in [1.54, 1.807) is 30.3 Å². The zero-order valence-corrected chi connectivity index (χ0v) is 15.6. The van der Waals surface area contributed by atoms with Crippen LogP contribution in [0.15, 0.2) is 101 Å². The van der Waals surface area contributed by atoms with Gasteiger partial charge in [-0.1, -0.05) is 60.7 Å². The van der Waals surface area contributed by atoms with E-state index in [-0.39, 0.29) is 12.3 Å². The van der Waals surface area contributed by atoms with Crippen LogP contribution in [0.2, 0.25) is 0 Å². The number of rotatable bonds is 7. The molecule has 0 saturated heterocycles. The normalized spacial score (nSPS) is 10.9. The summed E-state index contributed by atoms with van der Waals surface area (Å²) in [7, 11) is 0. The molecule has 0 bridgehead atoms. The number of nitrogens with one attached hydrogen (secondary N) is 1. The number of nitrogens with zero attached hydrogens (tertiary/aromatic N) is 2. The maximum absolute atomic E-state index is 11.9. The van der Waals surface area contributed by atoms with Gasteiger partial charge in [0.25, 0.3) is 5.91 Å². The molecule has 29 heavy (non-hydrogen) atoms. The quantitative estimate of drug-likeness (QED) is 0.348. The van der Waals surface area contributed by atoms with Gasteiger partial charge in [-0.05, 0) is 41.5 Å². The van der Waals surface area contributed by atoms with Gasteiger partial charge in [0.2, 0.25) is 0 Å². The second kappa shape index (κ2) is 10.3. The Morgan fingerprint density at radius 3 is 2.21 bits per heavy atom. The van der Waals surface area contributed by atoms with Crippen molar-refractivity contribution >= 4 is 29.3 Å². The van der Waals surface area contributed by atoms with E-state index in [4.69, 9.17) is 4.84 Å². The van der Waals surface area contributed by atoms with Gasteiger partial charge >= 0.3 is 5.97 Å². The van der Waals surface area contributed by atoms with Crippen molar-refractivity contribution < 1.29 is 14.4 Å². The summed E-state index contributed by atoms with van der Waals surface area (Å²) >= 11 is 0. The molecular weight excluding hydrogens is 366 g/mol. The van der Waals surface area contributed by atoms with Gasteiger partial charge in [-0.25, -0.2) is 10.3 Å². The van der Waals surface area contributed by atoms with Crippen molar-refractivity contribution in [1.82, 2.24) is 0 Å². The van der Waals surface area contributed by atoms with Crippen LogP contribution in [0.5, 0.6) is 0 Å². The molecule has 0 aliphatic heterocycles. The Morgan fingerprint density at radius 1 is 0.862 bits per heavy atom. The molecule has 1 amide bonds. The average Bonchev–Trinajstić information content (AvgIpc) is 2.77. The number of anilines is 1. The Hall–Kier alpha value is -4.06. The number of amides is 1. The SMILES string of the molecule is O=C(Cc1ccccc1)N=Nc1ccc(NOC(=O)C=Cc2ccccc2)cc1. The lowest BCUT2D eigenvalue weighted by molar-refractivity contribution is -0.134. The van der Waals surface area contributed by atoms with E-state index in [9.17, 15) is 9.59 Å². The molecule has 0 fully saturated rings. The number of carbonyl (C=O) groups is 2. The van der Waals surface area contributed by atoms with Crippen molar-refractivity contribution in [2.75, 3.05) is 5.48 Å². The zero-order chi connectivity index (χ0) is 20.3. The van der Waals surface area contributed by atoms with Gasteiger partial charge in [-0.3, -0.25) is 4.79 Å². The summed E-state index contributed by atoms with van der Waals surface area (Å²) in [5.74, 6) is -0.846. The van der Waals surface area contributed by atoms with Gasteiger partial charge in [0, 0.05) is 6.08 Å². The summed E-state index contributed by atoms with van der Waals surface area (Å²) < 4.78 is 0. The molecule has 3 aromatic rings. The van der Waals surface area contributed by atoms with Crippen molar-refractivity contribution in [3.63, 3.8) is 0 Å². The molecule has 3 aromatic carbocycles. The maximum Gasteiger partial charge on any atom is 0.355 e. The molecule has 0 aromatic heterocycles.